The topological polar surface area (TPSA) is 53.1 Å². The Bertz CT molecular complexity index is 744. The first-order valence-corrected chi connectivity index (χ1v) is 6.57. The van der Waals surface area contributed by atoms with Crippen LogP contribution in [0.25, 0.3) is 10.9 Å². The zero-order valence-corrected chi connectivity index (χ0v) is 11.0. The van der Waals surface area contributed by atoms with Gasteiger partial charge >= 0.3 is 5.97 Å². The molecular formula is C17H15NO2. The molecule has 3 nitrogen and oxygen atoms in total. The fraction of sp³-hybridized carbons (Fsp3) is 0.118. The van der Waals surface area contributed by atoms with Crippen molar-refractivity contribution in [3.05, 3.63) is 71.4 Å². The van der Waals surface area contributed by atoms with E-state index in [0.717, 1.165) is 28.6 Å². The van der Waals surface area contributed by atoms with Gasteiger partial charge in [0.25, 0.3) is 0 Å². The summed E-state index contributed by atoms with van der Waals surface area (Å²) in [6.07, 6.45) is 0.909. The molecule has 0 aliphatic carbocycles. The molecule has 3 aromatic rings. The van der Waals surface area contributed by atoms with E-state index in [9.17, 15) is 4.79 Å². The number of fused-ring (bicyclic) bond motifs is 1. The maximum absolute atomic E-state index is 10.7. The van der Waals surface area contributed by atoms with Gasteiger partial charge in [0.1, 0.15) is 0 Å². The average molecular weight is 265 g/mol. The van der Waals surface area contributed by atoms with Crippen LogP contribution in [0.3, 0.4) is 0 Å². The number of benzene rings is 2. The molecule has 0 saturated heterocycles. The lowest BCUT2D eigenvalue weighted by molar-refractivity contribution is -0.136. The normalized spacial score (nSPS) is 10.8. The van der Waals surface area contributed by atoms with Crippen LogP contribution in [0.4, 0.5) is 0 Å². The van der Waals surface area contributed by atoms with E-state index in [-0.39, 0.29) is 6.42 Å². The third kappa shape index (κ3) is 2.72. The van der Waals surface area contributed by atoms with Crippen molar-refractivity contribution in [3.8, 4) is 0 Å². The number of aromatic amines is 1. The van der Waals surface area contributed by atoms with Gasteiger partial charge in [0, 0.05) is 17.6 Å². The van der Waals surface area contributed by atoms with Crippen LogP contribution < -0.4 is 0 Å². The van der Waals surface area contributed by atoms with E-state index in [4.69, 9.17) is 5.11 Å². The predicted octanol–water partition coefficient (Wildman–Crippen LogP) is 3.39. The maximum atomic E-state index is 10.7. The van der Waals surface area contributed by atoms with Gasteiger partial charge in [-0.2, -0.15) is 0 Å². The molecule has 1 aromatic heterocycles. The molecule has 0 fully saturated rings. The van der Waals surface area contributed by atoms with Crippen LogP contribution in [0, 0.1) is 0 Å². The SMILES string of the molecule is O=C(O)Cc1ccc2cc(Cc3ccccc3)[nH]c2c1. The number of carboxylic acids is 1. The molecule has 0 saturated carbocycles. The van der Waals surface area contributed by atoms with Crippen molar-refractivity contribution >= 4 is 16.9 Å². The quantitative estimate of drug-likeness (QED) is 0.759. The number of carbonyl (C=O) groups is 1. The van der Waals surface area contributed by atoms with E-state index in [2.05, 4.69) is 23.2 Å². The highest BCUT2D eigenvalue weighted by Gasteiger charge is 2.05. The Morgan fingerprint density at radius 2 is 1.80 bits per heavy atom. The van der Waals surface area contributed by atoms with E-state index in [1.165, 1.54) is 5.56 Å². The number of aromatic nitrogens is 1. The highest BCUT2D eigenvalue weighted by molar-refractivity contribution is 5.82. The molecule has 3 heteroatoms. The summed E-state index contributed by atoms with van der Waals surface area (Å²) in [7, 11) is 0. The molecule has 2 aromatic carbocycles. The van der Waals surface area contributed by atoms with E-state index < -0.39 is 5.97 Å². The first-order valence-electron chi connectivity index (χ1n) is 6.57. The van der Waals surface area contributed by atoms with E-state index in [1.807, 2.05) is 36.4 Å². The second-order valence-electron chi connectivity index (χ2n) is 4.95. The van der Waals surface area contributed by atoms with E-state index in [1.54, 1.807) is 0 Å². The summed E-state index contributed by atoms with van der Waals surface area (Å²) in [6.45, 7) is 0. The predicted molar refractivity (Wildman–Crippen MR) is 78.9 cm³/mol. The van der Waals surface area contributed by atoms with Gasteiger partial charge in [0.15, 0.2) is 0 Å². The summed E-state index contributed by atoms with van der Waals surface area (Å²) in [6, 6.07) is 18.1. The van der Waals surface area contributed by atoms with E-state index in [0.29, 0.717) is 0 Å². The van der Waals surface area contributed by atoms with Gasteiger partial charge in [-0.1, -0.05) is 42.5 Å². The smallest absolute Gasteiger partial charge is 0.307 e. The summed E-state index contributed by atoms with van der Waals surface area (Å²) in [4.78, 5) is 14.1. The fourth-order valence-electron chi connectivity index (χ4n) is 2.43. The Balaban J connectivity index is 1.88. The molecule has 2 N–H and O–H groups in total. The minimum atomic E-state index is -0.805. The molecule has 3 rings (SSSR count). The van der Waals surface area contributed by atoms with Crippen LogP contribution in [0.1, 0.15) is 16.8 Å². The molecule has 100 valence electrons. The first kappa shape index (κ1) is 12.5. The number of nitrogens with one attached hydrogen (secondary N) is 1. The third-order valence-corrected chi connectivity index (χ3v) is 3.34. The molecule has 0 spiro atoms. The second kappa shape index (κ2) is 5.21. The zero-order chi connectivity index (χ0) is 13.9. The fourth-order valence-corrected chi connectivity index (χ4v) is 2.43. The molecule has 0 bridgehead atoms. The molecule has 0 unspecified atom stereocenters. The molecule has 1 heterocycles. The Labute approximate surface area is 116 Å². The number of aliphatic carboxylic acids is 1. The largest absolute Gasteiger partial charge is 0.481 e. The molecule has 0 atom stereocenters. The first-order chi connectivity index (χ1) is 9.70. The van der Waals surface area contributed by atoms with Crippen molar-refractivity contribution in [3.63, 3.8) is 0 Å². The summed E-state index contributed by atoms with van der Waals surface area (Å²) in [5, 5.41) is 9.94. The molecule has 0 radical (unpaired) electrons. The van der Waals surface area contributed by atoms with Crippen LogP contribution in [0.2, 0.25) is 0 Å². The lowest BCUT2D eigenvalue weighted by Crippen LogP contribution is -1.99. The van der Waals surface area contributed by atoms with Crippen molar-refractivity contribution in [2.75, 3.05) is 0 Å². The standard InChI is InChI=1S/C17H15NO2/c19-17(20)10-13-6-7-14-11-15(18-16(14)9-13)8-12-4-2-1-3-5-12/h1-7,9,11,18H,8,10H2,(H,19,20). The number of carboxylic acid groups (broad SMARTS) is 1. The van der Waals surface area contributed by atoms with Gasteiger partial charge in [-0.25, -0.2) is 0 Å². The highest BCUT2D eigenvalue weighted by atomic mass is 16.4. The van der Waals surface area contributed by atoms with Crippen LogP contribution in [-0.2, 0) is 17.6 Å². The van der Waals surface area contributed by atoms with Crippen LogP contribution in [0.15, 0.2) is 54.6 Å². The number of hydrogen-bond donors (Lipinski definition) is 2. The van der Waals surface area contributed by atoms with Gasteiger partial charge in [0.2, 0.25) is 0 Å². The average Bonchev–Trinajstić information content (AvgIpc) is 2.80. The Kier molecular flexibility index (Phi) is 3.25. The van der Waals surface area contributed by atoms with Crippen molar-refractivity contribution in [1.29, 1.82) is 0 Å². The Hall–Kier alpha value is -2.55. The highest BCUT2D eigenvalue weighted by Crippen LogP contribution is 2.19. The van der Waals surface area contributed by atoms with Crippen molar-refractivity contribution in [2.24, 2.45) is 0 Å². The summed E-state index contributed by atoms with van der Waals surface area (Å²) in [5.74, 6) is -0.805. The molecule has 20 heavy (non-hydrogen) atoms. The maximum Gasteiger partial charge on any atom is 0.307 e. The van der Waals surface area contributed by atoms with Crippen molar-refractivity contribution in [1.82, 2.24) is 4.98 Å². The van der Waals surface area contributed by atoms with Gasteiger partial charge < -0.3 is 10.1 Å². The molecule has 0 aliphatic rings. The summed E-state index contributed by atoms with van der Waals surface area (Å²) in [5.41, 5.74) is 4.20. The molecule has 0 amide bonds. The molecule has 0 aliphatic heterocycles. The van der Waals surface area contributed by atoms with E-state index >= 15 is 0 Å². The second-order valence-corrected chi connectivity index (χ2v) is 4.95. The molecular weight excluding hydrogens is 250 g/mol. The Morgan fingerprint density at radius 1 is 1.00 bits per heavy atom. The van der Waals surface area contributed by atoms with Crippen molar-refractivity contribution < 1.29 is 9.90 Å². The van der Waals surface area contributed by atoms with Gasteiger partial charge in [-0.15, -0.1) is 0 Å². The lowest BCUT2D eigenvalue weighted by atomic mass is 10.1. The van der Waals surface area contributed by atoms with Crippen molar-refractivity contribution in [2.45, 2.75) is 12.8 Å². The monoisotopic (exact) mass is 265 g/mol. The summed E-state index contributed by atoms with van der Waals surface area (Å²) < 4.78 is 0. The van der Waals surface area contributed by atoms with Crippen LogP contribution in [0.5, 0.6) is 0 Å². The Morgan fingerprint density at radius 3 is 2.55 bits per heavy atom. The third-order valence-electron chi connectivity index (χ3n) is 3.34. The zero-order valence-electron chi connectivity index (χ0n) is 11.0. The van der Waals surface area contributed by atoms with Gasteiger partial charge in [-0.05, 0) is 28.6 Å². The number of hydrogen-bond acceptors (Lipinski definition) is 1. The van der Waals surface area contributed by atoms with Crippen LogP contribution in [-0.4, -0.2) is 16.1 Å². The van der Waals surface area contributed by atoms with Gasteiger partial charge in [0.05, 0.1) is 6.42 Å². The van der Waals surface area contributed by atoms with Gasteiger partial charge in [-0.3, -0.25) is 4.79 Å². The minimum absolute atomic E-state index is 0.0585. The minimum Gasteiger partial charge on any atom is -0.481 e. The number of H-pyrrole nitrogens is 1. The van der Waals surface area contributed by atoms with Crippen LogP contribution >= 0.6 is 0 Å². The number of rotatable bonds is 4. The summed E-state index contributed by atoms with van der Waals surface area (Å²) >= 11 is 0. The lowest BCUT2D eigenvalue weighted by Gasteiger charge is -1.98.